The summed E-state index contributed by atoms with van der Waals surface area (Å²) in [6, 6.07) is 5.88. The van der Waals surface area contributed by atoms with Crippen LogP contribution >= 0.6 is 0 Å². The molecule has 3 aliphatic rings. The first-order valence-corrected chi connectivity index (χ1v) is 12.7. The molecule has 2 fully saturated rings. The first kappa shape index (κ1) is 26.1. The highest BCUT2D eigenvalue weighted by Crippen LogP contribution is 2.41. The number of oxime groups is 1. The lowest BCUT2D eigenvalue weighted by molar-refractivity contribution is -0.0598. The SMILES string of the molecule is COc1ccc(C2=NOC3(CCC(NOC(=O)NC(=O)OC(C)(C)C)CC3)C2)cc1OC1CCCC1. The molecule has 2 saturated carbocycles. The number of ether oxygens (including phenoxy) is 3. The number of nitrogens with zero attached hydrogens (tertiary/aromatic N) is 1. The Bertz CT molecular complexity index is 974. The number of hydrogen-bond acceptors (Lipinski definition) is 9. The third-order valence-electron chi connectivity index (χ3n) is 6.75. The number of carbonyl (C=O) groups is 2. The third kappa shape index (κ3) is 6.81. The molecular weight excluding hydrogens is 466 g/mol. The molecule has 0 unspecified atom stereocenters. The molecule has 10 heteroatoms. The van der Waals surface area contributed by atoms with Crippen LogP contribution in [0.5, 0.6) is 11.5 Å². The van der Waals surface area contributed by atoms with Gasteiger partial charge in [0.1, 0.15) is 11.2 Å². The molecule has 1 aromatic carbocycles. The van der Waals surface area contributed by atoms with Crippen molar-refractivity contribution in [1.82, 2.24) is 10.8 Å². The van der Waals surface area contributed by atoms with E-state index in [2.05, 4.69) is 10.6 Å². The summed E-state index contributed by atoms with van der Waals surface area (Å²) in [6.45, 7) is 5.14. The van der Waals surface area contributed by atoms with Crippen LogP contribution in [0.2, 0.25) is 0 Å². The fourth-order valence-electron chi connectivity index (χ4n) is 4.89. The Balaban J connectivity index is 1.25. The van der Waals surface area contributed by atoms with Crippen LogP contribution in [-0.2, 0) is 14.4 Å². The zero-order valence-electron chi connectivity index (χ0n) is 21.6. The number of benzene rings is 1. The van der Waals surface area contributed by atoms with Gasteiger partial charge in [-0.15, -0.1) is 5.48 Å². The number of rotatable bonds is 6. The molecule has 1 heterocycles. The molecule has 1 aromatic rings. The summed E-state index contributed by atoms with van der Waals surface area (Å²) >= 11 is 0. The van der Waals surface area contributed by atoms with Gasteiger partial charge in [0.2, 0.25) is 0 Å². The number of alkyl carbamates (subject to hydrolysis) is 1. The van der Waals surface area contributed by atoms with Crippen LogP contribution in [0.1, 0.15) is 84.1 Å². The summed E-state index contributed by atoms with van der Waals surface area (Å²) in [4.78, 5) is 34.5. The van der Waals surface area contributed by atoms with Gasteiger partial charge in [-0.3, -0.25) is 0 Å². The highest BCUT2D eigenvalue weighted by Gasteiger charge is 2.43. The second kappa shape index (κ2) is 10.9. The first-order valence-electron chi connectivity index (χ1n) is 12.7. The van der Waals surface area contributed by atoms with Crippen LogP contribution in [0.25, 0.3) is 0 Å². The van der Waals surface area contributed by atoms with Gasteiger partial charge in [-0.05, 0) is 90.3 Å². The minimum Gasteiger partial charge on any atom is -0.493 e. The molecule has 0 aromatic heterocycles. The lowest BCUT2D eigenvalue weighted by atomic mass is 9.79. The third-order valence-corrected chi connectivity index (χ3v) is 6.75. The summed E-state index contributed by atoms with van der Waals surface area (Å²) in [6.07, 6.45) is 6.72. The van der Waals surface area contributed by atoms with Crippen molar-refractivity contribution >= 4 is 17.9 Å². The summed E-state index contributed by atoms with van der Waals surface area (Å²) in [5.41, 5.74) is 3.56. The van der Waals surface area contributed by atoms with Crippen molar-refractivity contribution in [3.8, 4) is 11.5 Å². The van der Waals surface area contributed by atoms with Gasteiger partial charge in [0.05, 0.1) is 18.9 Å². The lowest BCUT2D eigenvalue weighted by Gasteiger charge is -2.34. The zero-order chi connectivity index (χ0) is 25.8. The highest BCUT2D eigenvalue weighted by molar-refractivity contribution is 6.02. The molecule has 4 rings (SSSR count). The van der Waals surface area contributed by atoms with Gasteiger partial charge >= 0.3 is 12.2 Å². The van der Waals surface area contributed by atoms with Gasteiger partial charge in [-0.2, -0.15) is 0 Å². The second-order valence-corrected chi connectivity index (χ2v) is 10.8. The molecule has 1 aliphatic heterocycles. The lowest BCUT2D eigenvalue weighted by Crippen LogP contribution is -2.44. The van der Waals surface area contributed by atoms with Gasteiger partial charge in [0.15, 0.2) is 11.5 Å². The van der Waals surface area contributed by atoms with E-state index in [-0.39, 0.29) is 17.7 Å². The summed E-state index contributed by atoms with van der Waals surface area (Å²) < 4.78 is 16.8. The Hall–Kier alpha value is -3.01. The monoisotopic (exact) mass is 503 g/mol. The standard InChI is InChI=1S/C26H37N3O7/c1-25(2,3)34-23(30)27-24(31)35-28-18-11-13-26(14-12-18)16-20(29-36-26)17-9-10-21(32-4)22(15-17)33-19-7-5-6-8-19/h9-10,15,18-19,28H,5-8,11-14,16H2,1-4H3,(H,27,30,31). The smallest absolute Gasteiger partial charge is 0.435 e. The maximum Gasteiger partial charge on any atom is 0.435 e. The second-order valence-electron chi connectivity index (χ2n) is 10.8. The van der Waals surface area contributed by atoms with E-state index >= 15 is 0 Å². The van der Waals surface area contributed by atoms with E-state index in [4.69, 9.17) is 23.9 Å². The zero-order valence-corrected chi connectivity index (χ0v) is 21.6. The maximum absolute atomic E-state index is 11.9. The molecule has 2 amide bonds. The van der Waals surface area contributed by atoms with Crippen molar-refractivity contribution in [2.24, 2.45) is 5.16 Å². The normalized spacial score (nSPS) is 24.1. The molecule has 0 saturated heterocycles. The number of methoxy groups -OCH3 is 1. The first-order chi connectivity index (χ1) is 17.1. The molecule has 0 atom stereocenters. The average Bonchev–Trinajstić information content (AvgIpc) is 3.48. The van der Waals surface area contributed by atoms with Crippen LogP contribution in [0, 0.1) is 0 Å². The minimum atomic E-state index is -0.901. The van der Waals surface area contributed by atoms with E-state index in [1.165, 1.54) is 12.8 Å². The van der Waals surface area contributed by atoms with E-state index in [9.17, 15) is 9.59 Å². The van der Waals surface area contributed by atoms with Crippen molar-refractivity contribution < 1.29 is 33.5 Å². The quantitative estimate of drug-likeness (QED) is 0.522. The van der Waals surface area contributed by atoms with Crippen LogP contribution in [0.3, 0.4) is 0 Å². The van der Waals surface area contributed by atoms with Gasteiger partial charge in [0.25, 0.3) is 0 Å². The number of hydroxylamine groups is 1. The largest absolute Gasteiger partial charge is 0.493 e. The number of hydrogen-bond donors (Lipinski definition) is 2. The number of carbonyl (C=O) groups excluding carboxylic acids is 2. The van der Waals surface area contributed by atoms with Gasteiger partial charge < -0.3 is 23.9 Å². The Morgan fingerprint density at radius 3 is 2.44 bits per heavy atom. The molecule has 2 N–H and O–H groups in total. The van der Waals surface area contributed by atoms with Crippen molar-refractivity contribution in [3.63, 3.8) is 0 Å². The maximum atomic E-state index is 11.9. The van der Waals surface area contributed by atoms with Gasteiger partial charge in [-0.1, -0.05) is 5.16 Å². The summed E-state index contributed by atoms with van der Waals surface area (Å²) in [5.74, 6) is 1.47. The molecule has 36 heavy (non-hydrogen) atoms. The predicted molar refractivity (Wildman–Crippen MR) is 132 cm³/mol. The fourth-order valence-corrected chi connectivity index (χ4v) is 4.89. The number of imide groups is 1. The Morgan fingerprint density at radius 1 is 1.06 bits per heavy atom. The van der Waals surface area contributed by atoms with Crippen LogP contribution in [0.4, 0.5) is 9.59 Å². The van der Waals surface area contributed by atoms with Crippen LogP contribution < -0.4 is 20.3 Å². The Morgan fingerprint density at radius 2 is 1.78 bits per heavy atom. The van der Waals surface area contributed by atoms with E-state index in [1.54, 1.807) is 27.9 Å². The minimum absolute atomic E-state index is 0.0416. The van der Waals surface area contributed by atoms with Crippen molar-refractivity contribution in [2.45, 2.75) is 102 Å². The topological polar surface area (TPSA) is 117 Å². The van der Waals surface area contributed by atoms with Gasteiger partial charge in [0, 0.05) is 18.0 Å². The van der Waals surface area contributed by atoms with Crippen LogP contribution in [0.15, 0.2) is 23.4 Å². The van der Waals surface area contributed by atoms with Crippen molar-refractivity contribution in [1.29, 1.82) is 0 Å². The molecule has 10 nitrogen and oxygen atoms in total. The number of nitrogens with one attached hydrogen (secondary N) is 2. The number of amides is 2. The molecular formula is C26H37N3O7. The molecule has 198 valence electrons. The average molecular weight is 504 g/mol. The van der Waals surface area contributed by atoms with E-state index < -0.39 is 17.8 Å². The predicted octanol–water partition coefficient (Wildman–Crippen LogP) is 4.99. The van der Waals surface area contributed by atoms with Crippen LogP contribution in [-0.4, -0.2) is 48.4 Å². The Labute approximate surface area is 212 Å². The van der Waals surface area contributed by atoms with Gasteiger partial charge in [-0.25, -0.2) is 14.9 Å². The van der Waals surface area contributed by atoms with E-state index in [0.29, 0.717) is 6.42 Å². The highest BCUT2D eigenvalue weighted by atomic mass is 16.7. The Kier molecular flexibility index (Phi) is 7.92. The van der Waals surface area contributed by atoms with Crippen molar-refractivity contribution in [2.75, 3.05) is 7.11 Å². The molecule has 0 bridgehead atoms. The van der Waals surface area contributed by atoms with E-state index in [1.807, 2.05) is 23.5 Å². The fraction of sp³-hybridized carbons (Fsp3) is 0.654. The summed E-state index contributed by atoms with van der Waals surface area (Å²) in [7, 11) is 1.65. The molecule has 1 spiro atoms. The van der Waals surface area contributed by atoms with E-state index in [0.717, 1.165) is 61.3 Å². The summed E-state index contributed by atoms with van der Waals surface area (Å²) in [5, 5.41) is 6.46. The van der Waals surface area contributed by atoms with Crippen molar-refractivity contribution in [3.05, 3.63) is 23.8 Å². The molecule has 2 aliphatic carbocycles. The molecule has 0 radical (unpaired) electrons.